The summed E-state index contributed by atoms with van der Waals surface area (Å²) >= 11 is 0. The van der Waals surface area contributed by atoms with Crippen LogP contribution in [0.25, 0.3) is 0 Å². The molecule has 0 saturated heterocycles. The summed E-state index contributed by atoms with van der Waals surface area (Å²) in [5.74, 6) is 1.85. The van der Waals surface area contributed by atoms with Crippen molar-refractivity contribution >= 4 is 29.9 Å². The molecule has 0 radical (unpaired) electrons. The van der Waals surface area contributed by atoms with Gasteiger partial charge >= 0.3 is 0 Å². The van der Waals surface area contributed by atoms with Crippen molar-refractivity contribution in [2.45, 2.75) is 45.1 Å². The fraction of sp³-hybridized carbons (Fsp3) is 0.733. The number of aromatic nitrogens is 2. The third-order valence-corrected chi connectivity index (χ3v) is 4.00. The van der Waals surface area contributed by atoms with Crippen molar-refractivity contribution in [3.05, 3.63) is 18.0 Å². The van der Waals surface area contributed by atoms with Crippen LogP contribution in [0.2, 0.25) is 0 Å². The molecule has 120 valence electrons. The van der Waals surface area contributed by atoms with Crippen LogP contribution in [0.3, 0.4) is 0 Å². The van der Waals surface area contributed by atoms with Crippen molar-refractivity contribution in [2.75, 3.05) is 13.6 Å². The molecule has 1 aromatic heterocycles. The minimum atomic E-state index is 0. The first kappa shape index (κ1) is 18.3. The van der Waals surface area contributed by atoms with Crippen LogP contribution in [0.5, 0.6) is 0 Å². The highest BCUT2D eigenvalue weighted by molar-refractivity contribution is 14.0. The Balaban J connectivity index is 0.00000220. The smallest absolute Gasteiger partial charge is 0.191 e. The zero-order valence-corrected chi connectivity index (χ0v) is 15.5. The third-order valence-electron chi connectivity index (χ3n) is 4.00. The van der Waals surface area contributed by atoms with Gasteiger partial charge in [-0.05, 0) is 18.8 Å². The molecular formula is C15H28IN5. The van der Waals surface area contributed by atoms with E-state index in [1.54, 1.807) is 0 Å². The number of aliphatic imine (C=N–C) groups is 1. The van der Waals surface area contributed by atoms with Crippen LogP contribution in [0, 0.1) is 5.92 Å². The Morgan fingerprint density at radius 3 is 2.76 bits per heavy atom. The largest absolute Gasteiger partial charge is 0.356 e. The first-order valence-corrected chi connectivity index (χ1v) is 7.70. The summed E-state index contributed by atoms with van der Waals surface area (Å²) < 4.78 is 1.81. The summed E-state index contributed by atoms with van der Waals surface area (Å²) in [5, 5.41) is 10.9. The summed E-state index contributed by atoms with van der Waals surface area (Å²) in [7, 11) is 3.75. The molecule has 0 atom stereocenters. The quantitative estimate of drug-likeness (QED) is 0.331. The fourth-order valence-electron chi connectivity index (χ4n) is 2.87. The molecule has 0 bridgehead atoms. The minimum Gasteiger partial charge on any atom is -0.356 e. The monoisotopic (exact) mass is 405 g/mol. The predicted octanol–water partition coefficient (Wildman–Crippen LogP) is 2.67. The highest BCUT2D eigenvalue weighted by Gasteiger charge is 2.13. The molecule has 6 heteroatoms. The second-order valence-corrected chi connectivity index (χ2v) is 5.67. The van der Waals surface area contributed by atoms with Crippen LogP contribution in [0.4, 0.5) is 0 Å². The van der Waals surface area contributed by atoms with Gasteiger partial charge in [-0.15, -0.1) is 24.0 Å². The average molecular weight is 405 g/mol. The number of nitrogens with one attached hydrogen (secondary N) is 2. The lowest BCUT2D eigenvalue weighted by atomic mass is 10.0. The molecule has 21 heavy (non-hydrogen) atoms. The molecule has 1 fully saturated rings. The lowest BCUT2D eigenvalue weighted by molar-refractivity contribution is 0.481. The first-order chi connectivity index (χ1) is 9.78. The Hall–Kier alpha value is -0.790. The number of hydrogen-bond donors (Lipinski definition) is 2. The number of guanidine groups is 1. The molecule has 1 heterocycles. The summed E-state index contributed by atoms with van der Waals surface area (Å²) in [4.78, 5) is 4.25. The number of aryl methyl sites for hydroxylation is 1. The summed E-state index contributed by atoms with van der Waals surface area (Å²) in [6, 6.07) is 0. The van der Waals surface area contributed by atoms with Crippen molar-refractivity contribution in [3.63, 3.8) is 0 Å². The van der Waals surface area contributed by atoms with Gasteiger partial charge in [-0.2, -0.15) is 5.10 Å². The van der Waals surface area contributed by atoms with E-state index in [1.807, 2.05) is 31.2 Å². The van der Waals surface area contributed by atoms with Crippen molar-refractivity contribution < 1.29 is 0 Å². The van der Waals surface area contributed by atoms with Crippen molar-refractivity contribution in [1.29, 1.82) is 0 Å². The fourth-order valence-corrected chi connectivity index (χ4v) is 2.87. The van der Waals surface area contributed by atoms with Gasteiger partial charge in [0.05, 0.1) is 6.20 Å². The standard InChI is InChI=1S/C15H27N5.HI/c1-16-15(18-10-14-11-19-20(2)12-14)17-9-5-8-13-6-3-4-7-13;/h11-13H,3-10H2,1-2H3,(H2,16,17,18);1H. The second-order valence-electron chi connectivity index (χ2n) is 5.67. The first-order valence-electron chi connectivity index (χ1n) is 7.70. The molecule has 0 amide bonds. The van der Waals surface area contributed by atoms with Crippen LogP contribution >= 0.6 is 24.0 Å². The van der Waals surface area contributed by atoms with Crippen LogP contribution in [-0.2, 0) is 13.6 Å². The zero-order valence-electron chi connectivity index (χ0n) is 13.1. The van der Waals surface area contributed by atoms with E-state index in [9.17, 15) is 0 Å². The van der Waals surface area contributed by atoms with E-state index in [0.717, 1.165) is 25.0 Å². The lowest BCUT2D eigenvalue weighted by Gasteiger charge is -2.12. The highest BCUT2D eigenvalue weighted by Crippen LogP contribution is 2.28. The van der Waals surface area contributed by atoms with Gasteiger partial charge in [0.25, 0.3) is 0 Å². The molecule has 0 unspecified atom stereocenters. The topological polar surface area (TPSA) is 54.2 Å². The number of rotatable bonds is 6. The minimum absolute atomic E-state index is 0. The maximum Gasteiger partial charge on any atom is 0.191 e. The molecule has 2 N–H and O–H groups in total. The number of nitrogens with zero attached hydrogens (tertiary/aromatic N) is 3. The number of halogens is 1. The van der Waals surface area contributed by atoms with Gasteiger partial charge in [-0.1, -0.05) is 25.7 Å². The Kier molecular flexibility index (Phi) is 8.72. The maximum absolute atomic E-state index is 4.25. The van der Waals surface area contributed by atoms with E-state index in [1.165, 1.54) is 44.1 Å². The summed E-state index contributed by atoms with van der Waals surface area (Å²) in [6.07, 6.45) is 12.2. The molecule has 0 aromatic carbocycles. The Morgan fingerprint density at radius 1 is 1.38 bits per heavy atom. The van der Waals surface area contributed by atoms with Crippen molar-refractivity contribution in [2.24, 2.45) is 18.0 Å². The van der Waals surface area contributed by atoms with Crippen LogP contribution in [0.1, 0.15) is 44.1 Å². The molecule has 2 rings (SSSR count). The van der Waals surface area contributed by atoms with Crippen LogP contribution in [-0.4, -0.2) is 29.3 Å². The SMILES string of the molecule is CN=C(NCCCC1CCCC1)NCc1cnn(C)c1.I. The Morgan fingerprint density at radius 2 is 2.14 bits per heavy atom. The molecule has 1 saturated carbocycles. The van der Waals surface area contributed by atoms with E-state index in [-0.39, 0.29) is 24.0 Å². The zero-order chi connectivity index (χ0) is 14.2. The molecule has 0 spiro atoms. The van der Waals surface area contributed by atoms with Gasteiger partial charge in [0, 0.05) is 38.9 Å². The van der Waals surface area contributed by atoms with Gasteiger partial charge in [0.1, 0.15) is 0 Å². The summed E-state index contributed by atoms with van der Waals surface area (Å²) in [5.41, 5.74) is 1.17. The van der Waals surface area contributed by atoms with Crippen molar-refractivity contribution in [1.82, 2.24) is 20.4 Å². The average Bonchev–Trinajstić information content (AvgIpc) is 3.09. The highest BCUT2D eigenvalue weighted by atomic mass is 127. The van der Waals surface area contributed by atoms with E-state index in [4.69, 9.17) is 0 Å². The van der Waals surface area contributed by atoms with E-state index < -0.39 is 0 Å². The van der Waals surface area contributed by atoms with E-state index >= 15 is 0 Å². The molecule has 5 nitrogen and oxygen atoms in total. The van der Waals surface area contributed by atoms with E-state index in [2.05, 4.69) is 20.7 Å². The van der Waals surface area contributed by atoms with Crippen LogP contribution in [0.15, 0.2) is 17.4 Å². The molecule has 1 aliphatic rings. The van der Waals surface area contributed by atoms with E-state index in [0.29, 0.717) is 0 Å². The second kappa shape index (κ2) is 10.0. The summed E-state index contributed by atoms with van der Waals surface area (Å²) in [6.45, 7) is 1.76. The normalized spacial score (nSPS) is 15.8. The predicted molar refractivity (Wildman–Crippen MR) is 98.0 cm³/mol. The molecule has 1 aromatic rings. The molecular weight excluding hydrogens is 377 g/mol. The lowest BCUT2D eigenvalue weighted by Crippen LogP contribution is -2.37. The van der Waals surface area contributed by atoms with Crippen LogP contribution < -0.4 is 10.6 Å². The van der Waals surface area contributed by atoms with Gasteiger partial charge in [0.2, 0.25) is 0 Å². The molecule has 0 aliphatic heterocycles. The maximum atomic E-state index is 4.25. The van der Waals surface area contributed by atoms with Gasteiger partial charge < -0.3 is 10.6 Å². The third kappa shape index (κ3) is 6.67. The molecule has 1 aliphatic carbocycles. The van der Waals surface area contributed by atoms with Crippen molar-refractivity contribution in [3.8, 4) is 0 Å². The van der Waals surface area contributed by atoms with Gasteiger partial charge in [-0.25, -0.2) is 0 Å². The Labute approximate surface area is 145 Å². The van der Waals surface area contributed by atoms with Gasteiger partial charge in [-0.3, -0.25) is 9.67 Å². The van der Waals surface area contributed by atoms with Gasteiger partial charge in [0.15, 0.2) is 5.96 Å². The number of hydrogen-bond acceptors (Lipinski definition) is 2. The Bertz CT molecular complexity index is 423.